The molecule has 2 aromatic rings. The number of hydrogen-bond acceptors (Lipinski definition) is 9. The fourth-order valence-corrected chi connectivity index (χ4v) is 2.84. The molecule has 1 N–H and O–H groups in total. The number of carbonyl (C=O) groups excluding carboxylic acids is 2. The van der Waals surface area contributed by atoms with Crippen molar-refractivity contribution in [1.82, 2.24) is 10.1 Å². The van der Waals surface area contributed by atoms with E-state index >= 15 is 0 Å². The van der Waals surface area contributed by atoms with Gasteiger partial charge in [0.15, 0.2) is 12.4 Å². The number of aromatic nitrogens is 2. The summed E-state index contributed by atoms with van der Waals surface area (Å²) in [5, 5.41) is 6.64. The van der Waals surface area contributed by atoms with Gasteiger partial charge in [-0.15, -0.1) is 11.8 Å². The van der Waals surface area contributed by atoms with E-state index in [-0.39, 0.29) is 5.75 Å². The highest BCUT2D eigenvalue weighted by Crippen LogP contribution is 2.35. The number of carbonyl (C=O) groups is 2. The number of esters is 1. The molecule has 1 aromatic heterocycles. The Morgan fingerprint density at radius 3 is 2.63 bits per heavy atom. The van der Waals surface area contributed by atoms with Crippen molar-refractivity contribution < 1.29 is 28.3 Å². The van der Waals surface area contributed by atoms with Crippen molar-refractivity contribution in [3.8, 4) is 11.5 Å². The number of amides is 1. The molecule has 1 amide bonds. The van der Waals surface area contributed by atoms with Crippen LogP contribution >= 0.6 is 23.4 Å². The zero-order valence-electron chi connectivity index (χ0n) is 14.9. The first-order chi connectivity index (χ1) is 12.9. The molecule has 0 atom stereocenters. The fourth-order valence-electron chi connectivity index (χ4n) is 1.96. The van der Waals surface area contributed by atoms with Crippen LogP contribution in [0.1, 0.15) is 11.7 Å². The van der Waals surface area contributed by atoms with Crippen LogP contribution in [0.4, 0.5) is 5.69 Å². The van der Waals surface area contributed by atoms with Gasteiger partial charge in [0, 0.05) is 19.1 Å². The number of nitrogens with zero attached hydrogens (tertiary/aromatic N) is 2. The van der Waals surface area contributed by atoms with Gasteiger partial charge in [-0.1, -0.05) is 16.8 Å². The summed E-state index contributed by atoms with van der Waals surface area (Å²) < 4.78 is 20.0. The van der Waals surface area contributed by atoms with Crippen LogP contribution < -0.4 is 14.8 Å². The number of hydrogen-bond donors (Lipinski definition) is 1. The van der Waals surface area contributed by atoms with Gasteiger partial charge >= 0.3 is 5.97 Å². The first-order valence-electron chi connectivity index (χ1n) is 7.67. The van der Waals surface area contributed by atoms with Crippen molar-refractivity contribution in [3.63, 3.8) is 0 Å². The highest BCUT2D eigenvalue weighted by Gasteiger charge is 2.14. The maximum atomic E-state index is 12.0. The average Bonchev–Trinajstić information content (AvgIpc) is 3.06. The van der Waals surface area contributed by atoms with Gasteiger partial charge in [-0.05, 0) is 0 Å². The minimum Gasteiger partial charge on any atom is -0.495 e. The molecule has 0 saturated heterocycles. The predicted octanol–water partition coefficient (Wildman–Crippen LogP) is 2.46. The zero-order chi connectivity index (χ0) is 19.8. The van der Waals surface area contributed by atoms with E-state index in [4.69, 9.17) is 30.3 Å². The third-order valence-corrected chi connectivity index (χ3v) is 4.33. The van der Waals surface area contributed by atoms with Gasteiger partial charge < -0.3 is 24.1 Å². The molecule has 0 fully saturated rings. The van der Waals surface area contributed by atoms with Gasteiger partial charge in [0.2, 0.25) is 5.89 Å². The van der Waals surface area contributed by atoms with Crippen LogP contribution in [-0.2, 0) is 20.1 Å². The standard InChI is InChI=1S/C16H18ClN3O6S/c1-9-18-14(20-26-9)7-27-8-16(22)25-6-15(21)19-11-5-12(23-2)10(17)4-13(11)24-3/h4-5H,6-8H2,1-3H3,(H,19,21). The van der Waals surface area contributed by atoms with Gasteiger partial charge in [0.05, 0.1) is 36.4 Å². The van der Waals surface area contributed by atoms with E-state index in [1.54, 1.807) is 6.92 Å². The lowest BCUT2D eigenvalue weighted by molar-refractivity contribution is -0.144. The maximum Gasteiger partial charge on any atom is 0.316 e. The first-order valence-corrected chi connectivity index (χ1v) is 9.20. The fraction of sp³-hybridized carbons (Fsp3) is 0.375. The van der Waals surface area contributed by atoms with Gasteiger partial charge in [-0.25, -0.2) is 0 Å². The van der Waals surface area contributed by atoms with Crippen LogP contribution in [0, 0.1) is 6.92 Å². The topological polar surface area (TPSA) is 113 Å². The highest BCUT2D eigenvalue weighted by atomic mass is 35.5. The molecule has 0 bridgehead atoms. The van der Waals surface area contributed by atoms with Crippen molar-refractivity contribution in [2.75, 3.05) is 31.9 Å². The molecule has 1 aromatic carbocycles. The lowest BCUT2D eigenvalue weighted by atomic mass is 10.2. The highest BCUT2D eigenvalue weighted by molar-refractivity contribution is 7.99. The number of ether oxygens (including phenoxy) is 3. The van der Waals surface area contributed by atoms with E-state index in [1.807, 2.05) is 0 Å². The molecule has 1 heterocycles. The Hall–Kier alpha value is -2.46. The van der Waals surface area contributed by atoms with E-state index in [1.165, 1.54) is 38.1 Å². The van der Waals surface area contributed by atoms with E-state index < -0.39 is 18.5 Å². The number of anilines is 1. The Morgan fingerprint density at radius 2 is 2.00 bits per heavy atom. The second kappa shape index (κ2) is 10.0. The molecule has 9 nitrogen and oxygen atoms in total. The van der Waals surface area contributed by atoms with Crippen LogP contribution in [0.15, 0.2) is 16.7 Å². The van der Waals surface area contributed by atoms with Crippen LogP contribution in [-0.4, -0.2) is 48.6 Å². The summed E-state index contributed by atoms with van der Waals surface area (Å²) in [5.41, 5.74) is 0.349. The summed E-state index contributed by atoms with van der Waals surface area (Å²) in [5.74, 6) is 1.08. The predicted molar refractivity (Wildman–Crippen MR) is 99.3 cm³/mol. The van der Waals surface area contributed by atoms with Crippen molar-refractivity contribution >= 4 is 40.9 Å². The summed E-state index contributed by atoms with van der Waals surface area (Å²) >= 11 is 7.26. The average molecular weight is 416 g/mol. The Morgan fingerprint density at radius 1 is 1.26 bits per heavy atom. The molecule has 0 saturated carbocycles. The molecule has 0 unspecified atom stereocenters. The molecule has 0 aliphatic carbocycles. The summed E-state index contributed by atoms with van der Waals surface area (Å²) in [7, 11) is 2.89. The SMILES string of the molecule is COc1cc(NC(=O)COC(=O)CSCc2noc(C)n2)c(OC)cc1Cl. The lowest BCUT2D eigenvalue weighted by Gasteiger charge is -2.13. The smallest absolute Gasteiger partial charge is 0.316 e. The number of halogens is 1. The zero-order valence-corrected chi connectivity index (χ0v) is 16.5. The van der Waals surface area contributed by atoms with Crippen molar-refractivity contribution in [2.24, 2.45) is 0 Å². The second-order valence-electron chi connectivity index (χ2n) is 5.12. The summed E-state index contributed by atoms with van der Waals surface area (Å²) in [6.45, 7) is 1.24. The van der Waals surface area contributed by atoms with Crippen molar-refractivity contribution in [3.05, 3.63) is 28.9 Å². The van der Waals surface area contributed by atoms with Crippen molar-refractivity contribution in [2.45, 2.75) is 12.7 Å². The van der Waals surface area contributed by atoms with Gasteiger partial charge in [0.1, 0.15) is 11.5 Å². The Kier molecular flexibility index (Phi) is 7.74. The molecule has 27 heavy (non-hydrogen) atoms. The normalized spacial score (nSPS) is 10.4. The van der Waals surface area contributed by atoms with Gasteiger partial charge in [-0.3, -0.25) is 9.59 Å². The Balaban J connectivity index is 1.79. The number of thioether (sulfide) groups is 1. The largest absolute Gasteiger partial charge is 0.495 e. The minimum absolute atomic E-state index is 0.0545. The van der Waals surface area contributed by atoms with Crippen LogP contribution in [0.3, 0.4) is 0 Å². The number of aryl methyl sites for hydroxylation is 1. The van der Waals surface area contributed by atoms with Gasteiger partial charge in [-0.2, -0.15) is 4.98 Å². The molecule has 0 radical (unpaired) electrons. The maximum absolute atomic E-state index is 12.0. The third kappa shape index (κ3) is 6.33. The molecule has 0 aliphatic rings. The van der Waals surface area contributed by atoms with Crippen LogP contribution in [0.2, 0.25) is 5.02 Å². The Labute approximate surface area is 164 Å². The second-order valence-corrected chi connectivity index (χ2v) is 6.51. The summed E-state index contributed by atoms with van der Waals surface area (Å²) in [6, 6.07) is 3.03. The van der Waals surface area contributed by atoms with Crippen LogP contribution in [0.5, 0.6) is 11.5 Å². The molecule has 0 aliphatic heterocycles. The van der Waals surface area contributed by atoms with E-state index in [9.17, 15) is 9.59 Å². The number of nitrogens with one attached hydrogen (secondary N) is 1. The minimum atomic E-state index is -0.531. The number of benzene rings is 1. The summed E-state index contributed by atoms with van der Waals surface area (Å²) in [6.07, 6.45) is 0. The van der Waals surface area contributed by atoms with E-state index in [0.29, 0.717) is 39.7 Å². The molecule has 2 rings (SSSR count). The Bertz CT molecular complexity index is 813. The molecular formula is C16H18ClN3O6S. The number of rotatable bonds is 9. The molecule has 146 valence electrons. The summed E-state index contributed by atoms with van der Waals surface area (Å²) in [4.78, 5) is 27.7. The molecular weight excluding hydrogens is 398 g/mol. The monoisotopic (exact) mass is 415 g/mol. The number of methoxy groups -OCH3 is 2. The van der Waals surface area contributed by atoms with E-state index in [0.717, 1.165) is 0 Å². The van der Waals surface area contributed by atoms with Crippen molar-refractivity contribution in [1.29, 1.82) is 0 Å². The van der Waals surface area contributed by atoms with Crippen LogP contribution in [0.25, 0.3) is 0 Å². The first kappa shape index (κ1) is 20.8. The lowest BCUT2D eigenvalue weighted by Crippen LogP contribution is -2.22. The molecule has 11 heteroatoms. The van der Waals surface area contributed by atoms with E-state index in [2.05, 4.69) is 15.5 Å². The third-order valence-electron chi connectivity index (χ3n) is 3.13. The quantitative estimate of drug-likeness (QED) is 0.617. The molecule has 0 spiro atoms. The van der Waals surface area contributed by atoms with Gasteiger partial charge in [0.25, 0.3) is 5.91 Å².